The third-order valence-corrected chi connectivity index (χ3v) is 0.846. The molecule has 0 rings (SSSR count). The minimum atomic E-state index is -1.75. The summed E-state index contributed by atoms with van der Waals surface area (Å²) in [5.74, 6) is 0. The monoisotopic (exact) mass is 202 g/mol. The van der Waals surface area contributed by atoms with Crippen LogP contribution in [0.5, 0.6) is 0 Å². The van der Waals surface area contributed by atoms with Gasteiger partial charge in [-0.05, 0) is 20.3 Å². The minimum Gasteiger partial charge on any atom is -0.382 e. The highest BCUT2D eigenvalue weighted by molar-refractivity contribution is 4.28. The molecular weight excluding hydrogens is 181 g/mol. The zero-order chi connectivity index (χ0) is 10.9. The molecule has 4 heteroatoms. The zero-order valence-corrected chi connectivity index (χ0v) is 8.78. The number of ether oxygens (including phenoxy) is 1. The molecule has 0 atom stereocenters. The van der Waals surface area contributed by atoms with Gasteiger partial charge >= 0.3 is 0 Å². The Bertz CT molecular complexity index is 48.1. The molecule has 1 nitrogen and oxygen atoms in total. The maximum Gasteiger partial charge on any atom is 0.229 e. The summed E-state index contributed by atoms with van der Waals surface area (Å²) < 4.78 is 34.6. The lowest BCUT2D eigenvalue weighted by atomic mass is 10.4. The lowest BCUT2D eigenvalue weighted by molar-refractivity contribution is 0.144. The number of unbranched alkanes of at least 4 members (excludes halogenated alkanes) is 1. The van der Waals surface area contributed by atoms with Crippen molar-refractivity contribution in [2.75, 3.05) is 26.8 Å². The molecule has 0 spiro atoms. The standard InChI is InChI=1S/C6H14O.C2H5F.CH2F2/c1-3-5-6-7-4-2;1-2-3;2-1-3/h3-6H2,1-2H3;2H2,1H3;1H2. The Morgan fingerprint density at radius 3 is 1.62 bits per heavy atom. The highest BCUT2D eigenvalue weighted by Gasteiger charge is 1.78. The molecule has 0 N–H and O–H groups in total. The van der Waals surface area contributed by atoms with E-state index in [1.807, 2.05) is 6.92 Å². The molecule has 13 heavy (non-hydrogen) atoms. The molecule has 0 heterocycles. The molecule has 0 fully saturated rings. The van der Waals surface area contributed by atoms with Crippen molar-refractivity contribution < 1.29 is 17.9 Å². The van der Waals surface area contributed by atoms with Gasteiger partial charge in [-0.15, -0.1) is 0 Å². The fraction of sp³-hybridized carbons (Fsp3) is 1.00. The Kier molecular flexibility index (Phi) is 42.5. The second-order valence-electron chi connectivity index (χ2n) is 1.92. The van der Waals surface area contributed by atoms with Crippen molar-refractivity contribution >= 4 is 0 Å². The van der Waals surface area contributed by atoms with Crippen molar-refractivity contribution in [2.45, 2.75) is 33.6 Å². The summed E-state index contributed by atoms with van der Waals surface area (Å²) in [7, 11) is 0. The average Bonchev–Trinajstić information content (AvgIpc) is 2.08. The van der Waals surface area contributed by atoms with Gasteiger partial charge in [0.15, 0.2) is 0 Å². The van der Waals surface area contributed by atoms with Crippen LogP contribution in [-0.2, 0) is 4.74 Å². The maximum atomic E-state index is 10.3. The summed E-state index contributed by atoms with van der Waals surface area (Å²) in [5.41, 5.74) is 0. The first-order chi connectivity index (χ1) is 6.24. The second-order valence-corrected chi connectivity index (χ2v) is 1.92. The van der Waals surface area contributed by atoms with Crippen LogP contribution in [0.1, 0.15) is 33.6 Å². The molecule has 0 amide bonds. The molecule has 0 aliphatic heterocycles. The Labute approximate surface area is 79.3 Å². The van der Waals surface area contributed by atoms with E-state index in [1.165, 1.54) is 19.8 Å². The number of alkyl halides is 3. The number of rotatable bonds is 4. The first kappa shape index (κ1) is 18.5. The fourth-order valence-corrected chi connectivity index (χ4v) is 0.391. The normalized spacial score (nSPS) is 7.85. The van der Waals surface area contributed by atoms with Crippen LogP contribution in [0.25, 0.3) is 0 Å². The summed E-state index contributed by atoms with van der Waals surface area (Å²) >= 11 is 0. The lowest BCUT2D eigenvalue weighted by Crippen LogP contribution is -1.90. The van der Waals surface area contributed by atoms with Crippen molar-refractivity contribution in [3.05, 3.63) is 0 Å². The first-order valence-electron chi connectivity index (χ1n) is 4.50. The molecule has 0 saturated carbocycles. The quantitative estimate of drug-likeness (QED) is 0.632. The van der Waals surface area contributed by atoms with E-state index >= 15 is 0 Å². The van der Waals surface area contributed by atoms with E-state index in [-0.39, 0.29) is 6.67 Å². The van der Waals surface area contributed by atoms with Crippen molar-refractivity contribution in [3.63, 3.8) is 0 Å². The van der Waals surface area contributed by atoms with Gasteiger partial charge < -0.3 is 4.74 Å². The molecule has 0 aliphatic carbocycles. The molecule has 0 aliphatic rings. The number of hydrogen-bond acceptors (Lipinski definition) is 1. The summed E-state index contributed by atoms with van der Waals surface area (Å²) in [6, 6.07) is 0. The van der Waals surface area contributed by atoms with Gasteiger partial charge in [0.05, 0.1) is 6.67 Å². The van der Waals surface area contributed by atoms with Gasteiger partial charge in [-0.1, -0.05) is 13.3 Å². The average molecular weight is 202 g/mol. The van der Waals surface area contributed by atoms with E-state index in [9.17, 15) is 13.2 Å². The lowest BCUT2D eigenvalue weighted by Gasteiger charge is -1.94. The Balaban J connectivity index is -0.000000140. The largest absolute Gasteiger partial charge is 0.382 e. The van der Waals surface area contributed by atoms with Gasteiger partial charge in [0, 0.05) is 13.2 Å². The zero-order valence-electron chi connectivity index (χ0n) is 8.78. The van der Waals surface area contributed by atoms with Gasteiger partial charge in [-0.2, -0.15) is 0 Å². The Morgan fingerprint density at radius 1 is 1.00 bits per heavy atom. The van der Waals surface area contributed by atoms with Crippen LogP contribution in [0.3, 0.4) is 0 Å². The summed E-state index contributed by atoms with van der Waals surface area (Å²) in [4.78, 5) is 0. The predicted octanol–water partition coefficient (Wildman–Crippen LogP) is 3.68. The summed E-state index contributed by atoms with van der Waals surface area (Å²) in [5, 5.41) is 0. The summed E-state index contributed by atoms with van der Waals surface area (Å²) in [6.07, 6.45) is 2.44. The third kappa shape index (κ3) is 79.4. The van der Waals surface area contributed by atoms with Crippen molar-refractivity contribution in [2.24, 2.45) is 0 Å². The van der Waals surface area contributed by atoms with E-state index in [1.54, 1.807) is 0 Å². The van der Waals surface area contributed by atoms with E-state index in [0.29, 0.717) is 0 Å². The molecule has 0 unspecified atom stereocenters. The fourth-order valence-electron chi connectivity index (χ4n) is 0.391. The van der Waals surface area contributed by atoms with Crippen LogP contribution in [0.4, 0.5) is 13.2 Å². The van der Waals surface area contributed by atoms with Gasteiger partial charge in [-0.25, -0.2) is 8.78 Å². The molecule has 0 aromatic carbocycles. The number of halogens is 3. The molecule has 0 bridgehead atoms. The predicted molar refractivity (Wildman–Crippen MR) is 50.1 cm³/mol. The van der Waals surface area contributed by atoms with Crippen LogP contribution in [-0.4, -0.2) is 26.8 Å². The highest BCUT2D eigenvalue weighted by atomic mass is 19.3. The summed E-state index contributed by atoms with van der Waals surface area (Å²) in [6.45, 7) is 5.45. The molecule has 0 saturated heterocycles. The van der Waals surface area contributed by atoms with E-state index in [0.717, 1.165) is 13.2 Å². The number of hydrogen-bond donors (Lipinski definition) is 0. The SMILES string of the molecule is CCCCOCC.CCF.FCF. The first-order valence-corrected chi connectivity index (χ1v) is 4.50. The van der Waals surface area contributed by atoms with E-state index in [4.69, 9.17) is 4.74 Å². The van der Waals surface area contributed by atoms with Crippen LogP contribution < -0.4 is 0 Å². The van der Waals surface area contributed by atoms with Gasteiger partial charge in [0.25, 0.3) is 0 Å². The Hall–Kier alpha value is -0.250. The van der Waals surface area contributed by atoms with Gasteiger partial charge in [-0.3, -0.25) is 4.39 Å². The van der Waals surface area contributed by atoms with E-state index < -0.39 is 6.93 Å². The molecule has 0 aromatic heterocycles. The molecule has 0 radical (unpaired) electrons. The second kappa shape index (κ2) is 29.8. The van der Waals surface area contributed by atoms with Crippen LogP contribution >= 0.6 is 0 Å². The minimum absolute atomic E-state index is 0.250. The van der Waals surface area contributed by atoms with Crippen molar-refractivity contribution in [1.82, 2.24) is 0 Å². The third-order valence-electron chi connectivity index (χ3n) is 0.846. The van der Waals surface area contributed by atoms with E-state index in [2.05, 4.69) is 6.92 Å². The van der Waals surface area contributed by atoms with Gasteiger partial charge in [0.1, 0.15) is 0 Å². The van der Waals surface area contributed by atoms with Crippen molar-refractivity contribution in [3.8, 4) is 0 Å². The maximum absolute atomic E-state index is 10.3. The van der Waals surface area contributed by atoms with Crippen LogP contribution in [0.2, 0.25) is 0 Å². The van der Waals surface area contributed by atoms with Gasteiger partial charge in [0.2, 0.25) is 6.93 Å². The van der Waals surface area contributed by atoms with Crippen LogP contribution in [0, 0.1) is 0 Å². The topological polar surface area (TPSA) is 9.23 Å². The van der Waals surface area contributed by atoms with Crippen LogP contribution in [0.15, 0.2) is 0 Å². The smallest absolute Gasteiger partial charge is 0.229 e. The highest BCUT2D eigenvalue weighted by Crippen LogP contribution is 1.85. The molecular formula is C9H21F3O. The molecule has 0 aromatic rings. The van der Waals surface area contributed by atoms with Crippen molar-refractivity contribution in [1.29, 1.82) is 0 Å². The molecule has 84 valence electrons. The Morgan fingerprint density at radius 2 is 1.38 bits per heavy atom.